The number of hydrogen-bond acceptors (Lipinski definition) is 0. The molecule has 0 aromatic carbocycles. The van der Waals surface area contributed by atoms with Crippen molar-refractivity contribution < 1.29 is 0 Å². The van der Waals surface area contributed by atoms with Gasteiger partial charge in [0.1, 0.15) is 0 Å². The number of unbranched alkanes of at least 4 members (excludes halogenated alkanes) is 77. The van der Waals surface area contributed by atoms with Crippen molar-refractivity contribution in [2.24, 2.45) is 0 Å². The van der Waals surface area contributed by atoms with E-state index >= 15 is 0 Å². The molecule has 100 heavy (non-hydrogen) atoms. The minimum atomic E-state index is 1.20. The molecular formula is C100H182. The van der Waals surface area contributed by atoms with Crippen LogP contribution in [0.5, 0.6) is 0 Å². The van der Waals surface area contributed by atoms with Crippen molar-refractivity contribution in [1.29, 1.82) is 0 Å². The Hall–Kier alpha value is -2.60. The first-order valence-electron chi connectivity index (χ1n) is 46.5. The zero-order chi connectivity index (χ0) is 71.3. The monoisotopic (exact) mass is 1380 g/mol. The van der Waals surface area contributed by atoms with Crippen molar-refractivity contribution in [1.82, 2.24) is 0 Å². The van der Waals surface area contributed by atoms with E-state index in [1.54, 1.807) is 0 Å². The third kappa shape index (κ3) is 95.4. The second kappa shape index (κ2) is 96.4. The molecule has 0 N–H and O–H groups in total. The molecule has 0 amide bonds. The van der Waals surface area contributed by atoms with Crippen molar-refractivity contribution >= 4 is 0 Å². The van der Waals surface area contributed by atoms with Gasteiger partial charge in [0.05, 0.1) is 0 Å². The maximum absolute atomic E-state index is 2.32. The molecule has 0 radical (unpaired) electrons. The van der Waals surface area contributed by atoms with Gasteiger partial charge < -0.3 is 0 Å². The summed E-state index contributed by atoms with van der Waals surface area (Å²) in [7, 11) is 0. The van der Waals surface area contributed by atoms with E-state index in [0.29, 0.717) is 0 Å². The van der Waals surface area contributed by atoms with E-state index in [9.17, 15) is 0 Å². The molecule has 0 aromatic rings. The normalized spacial score (nSPS) is 12.6. The van der Waals surface area contributed by atoms with Crippen LogP contribution in [0, 0.1) is 0 Å². The van der Waals surface area contributed by atoms with Gasteiger partial charge in [0.25, 0.3) is 0 Å². The van der Waals surface area contributed by atoms with Crippen molar-refractivity contribution in [2.45, 2.75) is 515 Å². The lowest BCUT2D eigenvalue weighted by Gasteiger charge is -2.05. The summed E-state index contributed by atoms with van der Waals surface area (Å²) in [4.78, 5) is 0. The highest BCUT2D eigenvalue weighted by molar-refractivity contribution is 5.22. The molecule has 0 atom stereocenters. The molecule has 0 nitrogen and oxygen atoms in total. The van der Waals surface area contributed by atoms with Crippen molar-refractivity contribution in [2.75, 3.05) is 0 Å². The molecule has 0 aliphatic carbocycles. The number of hydrogen-bond donors (Lipinski definition) is 0. The molecular weight excluding hydrogens is 1200 g/mol. The minimum absolute atomic E-state index is 1.20. The van der Waals surface area contributed by atoms with Gasteiger partial charge >= 0.3 is 0 Å². The van der Waals surface area contributed by atoms with Gasteiger partial charge in [-0.05, 0) is 19.8 Å². The van der Waals surface area contributed by atoms with Crippen LogP contribution in [-0.2, 0) is 0 Å². The number of allylic oxidation sites excluding steroid dienone is 20. The third-order valence-electron chi connectivity index (χ3n) is 21.7. The SMILES string of the molecule is CC=CC=CC=CC=CC=CC=CC=CC=CC=CC=CCCCCCCCCCCCCCCCCCCCCCCCCCCCCCCCCCCCCCCCCCCCCCCCCCCCCCCCCCCCCCCCCCCCCCCCCCCCCCCC. The average Bonchev–Trinajstić information content (AvgIpc) is 3.66. The highest BCUT2D eigenvalue weighted by Gasteiger charge is 2.02. The number of rotatable bonds is 87. The fraction of sp³-hybridized carbons (Fsp3) is 0.800. The van der Waals surface area contributed by atoms with Crippen LogP contribution in [-0.4, -0.2) is 0 Å². The van der Waals surface area contributed by atoms with Crippen LogP contribution in [0.4, 0.5) is 0 Å². The Morgan fingerprint density at radius 3 is 0.330 bits per heavy atom. The Morgan fingerprint density at radius 2 is 0.210 bits per heavy atom. The van der Waals surface area contributed by atoms with Crippen LogP contribution < -0.4 is 0 Å². The molecule has 0 unspecified atom stereocenters. The second-order valence-electron chi connectivity index (χ2n) is 31.7. The lowest BCUT2D eigenvalue weighted by molar-refractivity contribution is 0.506. The Morgan fingerprint density at radius 1 is 0.110 bits per heavy atom. The highest BCUT2D eigenvalue weighted by atomic mass is 14.1. The third-order valence-corrected chi connectivity index (χ3v) is 21.7. The van der Waals surface area contributed by atoms with Gasteiger partial charge in [0.2, 0.25) is 0 Å². The Kier molecular flexibility index (Phi) is 93.9. The molecule has 0 aliphatic heterocycles. The molecule has 0 aromatic heterocycles. The first-order valence-corrected chi connectivity index (χ1v) is 46.5. The fourth-order valence-electron chi connectivity index (χ4n) is 14.9. The summed E-state index contributed by atoms with van der Waals surface area (Å²) in [5, 5.41) is 0. The van der Waals surface area contributed by atoms with E-state index in [1.807, 2.05) is 79.8 Å². The zero-order valence-electron chi connectivity index (χ0n) is 68.7. The summed E-state index contributed by atoms with van der Waals surface area (Å²) >= 11 is 0. The lowest BCUT2D eigenvalue weighted by atomic mass is 10.0. The summed E-state index contributed by atoms with van der Waals surface area (Å²) in [6.45, 7) is 4.33. The van der Waals surface area contributed by atoms with Gasteiger partial charge in [-0.3, -0.25) is 0 Å². The first-order chi connectivity index (χ1) is 49.9. The molecule has 0 fully saturated rings. The quantitative estimate of drug-likeness (QED) is 0.0421. The van der Waals surface area contributed by atoms with E-state index in [-0.39, 0.29) is 0 Å². The average molecular weight is 1380 g/mol. The summed E-state index contributed by atoms with van der Waals surface area (Å²) in [6, 6.07) is 0. The molecule has 0 heteroatoms. The van der Waals surface area contributed by atoms with Gasteiger partial charge in [-0.15, -0.1) is 0 Å². The van der Waals surface area contributed by atoms with Crippen molar-refractivity contribution in [3.8, 4) is 0 Å². The molecule has 0 spiro atoms. The van der Waals surface area contributed by atoms with E-state index < -0.39 is 0 Å². The molecule has 0 saturated heterocycles. The van der Waals surface area contributed by atoms with Crippen molar-refractivity contribution in [3.05, 3.63) is 122 Å². The first kappa shape index (κ1) is 97.4. The molecule has 0 bridgehead atoms. The van der Waals surface area contributed by atoms with Crippen molar-refractivity contribution in [3.63, 3.8) is 0 Å². The second-order valence-corrected chi connectivity index (χ2v) is 31.7. The Labute approximate surface area is 632 Å². The zero-order valence-corrected chi connectivity index (χ0v) is 68.7. The van der Waals surface area contributed by atoms with Crippen LogP contribution in [0.15, 0.2) is 122 Å². The Balaban J connectivity index is 3.17. The molecule has 582 valence electrons. The molecule has 0 aliphatic rings. The maximum atomic E-state index is 2.32. The lowest BCUT2D eigenvalue weighted by Crippen LogP contribution is -1.85. The predicted octanol–water partition coefficient (Wildman–Crippen LogP) is 37.0. The molecule has 0 saturated carbocycles. The topological polar surface area (TPSA) is 0 Å². The van der Waals surface area contributed by atoms with Crippen LogP contribution in [0.2, 0.25) is 0 Å². The molecule has 0 rings (SSSR count). The Bertz CT molecular complexity index is 1750. The van der Waals surface area contributed by atoms with E-state index in [2.05, 4.69) is 55.5 Å². The smallest absolute Gasteiger partial charge is 0.0348 e. The summed E-state index contributed by atoms with van der Waals surface area (Å²) in [6.07, 6.45) is 157. The highest BCUT2D eigenvalue weighted by Crippen LogP contribution is 2.22. The summed E-state index contributed by atoms with van der Waals surface area (Å²) in [5.74, 6) is 0. The maximum Gasteiger partial charge on any atom is -0.0348 e. The summed E-state index contributed by atoms with van der Waals surface area (Å²) < 4.78 is 0. The van der Waals surface area contributed by atoms with Crippen LogP contribution >= 0.6 is 0 Å². The fourth-order valence-corrected chi connectivity index (χ4v) is 14.9. The van der Waals surface area contributed by atoms with Gasteiger partial charge in [-0.2, -0.15) is 0 Å². The van der Waals surface area contributed by atoms with Gasteiger partial charge in [0, 0.05) is 0 Å². The van der Waals surface area contributed by atoms with Crippen LogP contribution in [0.25, 0.3) is 0 Å². The van der Waals surface area contributed by atoms with Crippen LogP contribution in [0.3, 0.4) is 0 Å². The van der Waals surface area contributed by atoms with Crippen LogP contribution in [0.1, 0.15) is 515 Å². The minimum Gasteiger partial charge on any atom is -0.0877 e. The van der Waals surface area contributed by atoms with Gasteiger partial charge in [0.15, 0.2) is 0 Å². The van der Waals surface area contributed by atoms with E-state index in [1.165, 1.54) is 501 Å². The van der Waals surface area contributed by atoms with Gasteiger partial charge in [-0.25, -0.2) is 0 Å². The largest absolute Gasteiger partial charge is 0.0877 e. The standard InChI is InChI=1S/C100H182/c1-3-5-7-9-11-13-15-17-19-21-23-25-27-29-31-33-35-37-39-41-43-45-47-49-51-53-55-57-59-61-63-65-67-69-71-73-75-77-79-81-83-85-87-89-91-93-95-97-99-100-98-96-94-92-90-88-86-84-82-80-78-76-74-72-70-68-66-64-62-60-58-56-54-52-50-48-46-44-42-40-38-36-34-32-30-28-26-24-22-20-18-16-14-12-10-8-6-4-2/h3,5,7,9,11,13,15,17,19,21,23,25,27,29,31,33,35,37,39,41H,4,6,8,10,12,14,16,18,20,22,24,26,28,30,32,34,36,38,40,42-100H2,1-2H3. The molecule has 0 heterocycles. The predicted molar refractivity (Wildman–Crippen MR) is 463 cm³/mol. The summed E-state index contributed by atoms with van der Waals surface area (Å²) in [5.41, 5.74) is 0. The van der Waals surface area contributed by atoms with E-state index in [0.717, 1.165) is 0 Å². The van der Waals surface area contributed by atoms with E-state index in [4.69, 9.17) is 0 Å². The van der Waals surface area contributed by atoms with Gasteiger partial charge in [-0.1, -0.05) is 616 Å².